The number of allylic oxidation sites excluding steroid dienone is 1. The number of fused-ring (bicyclic) bond motifs is 3. The highest BCUT2D eigenvalue weighted by Crippen LogP contribution is 2.34. The van der Waals surface area contributed by atoms with Gasteiger partial charge < -0.3 is 25.5 Å². The molecule has 186 valence electrons. The maximum absolute atomic E-state index is 13.2. The lowest BCUT2D eigenvalue weighted by Crippen LogP contribution is -2.38. The zero-order valence-corrected chi connectivity index (χ0v) is 21.4. The van der Waals surface area contributed by atoms with E-state index in [0.717, 1.165) is 36.0 Å². The Labute approximate surface area is 217 Å². The van der Waals surface area contributed by atoms with E-state index in [2.05, 4.69) is 25.9 Å². The number of pyridine rings is 1. The van der Waals surface area contributed by atoms with Gasteiger partial charge in [0.2, 0.25) is 11.9 Å². The maximum atomic E-state index is 13.2. The van der Waals surface area contributed by atoms with E-state index in [0.29, 0.717) is 44.5 Å². The quantitative estimate of drug-likeness (QED) is 0.292. The van der Waals surface area contributed by atoms with Crippen LogP contribution >= 0.6 is 23.2 Å². The largest absolute Gasteiger partial charge is 0.332 e. The first-order chi connectivity index (χ1) is 17.3. The molecule has 0 unspecified atom stereocenters. The van der Waals surface area contributed by atoms with E-state index in [-0.39, 0.29) is 17.5 Å². The lowest BCUT2D eigenvalue weighted by Gasteiger charge is -2.11. The summed E-state index contributed by atoms with van der Waals surface area (Å²) in [6, 6.07) is 8.95. The number of aromatic nitrogens is 3. The second-order valence-corrected chi connectivity index (χ2v) is 9.71. The molecule has 4 aromatic rings. The van der Waals surface area contributed by atoms with Crippen molar-refractivity contribution in [3.63, 3.8) is 0 Å². The van der Waals surface area contributed by atoms with Crippen molar-refractivity contribution in [2.45, 2.75) is 32.2 Å². The number of imidazole rings is 1. The second kappa shape index (κ2) is 9.97. The predicted octanol–water partition coefficient (Wildman–Crippen LogP) is 4.70. The topological polar surface area (TPSA) is 104 Å². The number of rotatable bonds is 6. The third kappa shape index (κ3) is 4.48. The molecule has 10 heteroatoms. The van der Waals surface area contributed by atoms with Crippen LogP contribution in [0.15, 0.2) is 47.4 Å². The van der Waals surface area contributed by atoms with Crippen LogP contribution in [-0.2, 0) is 18.3 Å². The number of hydrogen-bond acceptors (Lipinski definition) is 5. The third-order valence-corrected chi connectivity index (χ3v) is 7.26. The molecule has 2 aromatic carbocycles. The molecule has 0 saturated carbocycles. The summed E-state index contributed by atoms with van der Waals surface area (Å²) < 4.78 is 1.83. The van der Waals surface area contributed by atoms with Crippen molar-refractivity contribution in [1.29, 1.82) is 0 Å². The van der Waals surface area contributed by atoms with Crippen LogP contribution in [0, 0.1) is 6.92 Å². The summed E-state index contributed by atoms with van der Waals surface area (Å²) in [5, 5.41) is 11.5. The van der Waals surface area contributed by atoms with Crippen LogP contribution in [0.1, 0.15) is 24.1 Å². The Balaban J connectivity index is 1.46. The van der Waals surface area contributed by atoms with Gasteiger partial charge in [0.1, 0.15) is 0 Å². The van der Waals surface area contributed by atoms with Crippen LogP contribution in [0.2, 0.25) is 10.0 Å². The summed E-state index contributed by atoms with van der Waals surface area (Å²) in [5.41, 5.74) is 3.49. The maximum Gasteiger partial charge on any atom is 0.258 e. The van der Waals surface area contributed by atoms with E-state index in [4.69, 9.17) is 23.2 Å². The number of nitrogens with one attached hydrogen (secondary N) is 4. The lowest BCUT2D eigenvalue weighted by molar-refractivity contribution is -0.121. The zero-order valence-electron chi connectivity index (χ0n) is 19.9. The molecule has 36 heavy (non-hydrogen) atoms. The van der Waals surface area contributed by atoms with Gasteiger partial charge in [0.25, 0.3) is 5.56 Å². The number of benzene rings is 2. The fourth-order valence-electron chi connectivity index (χ4n) is 4.67. The number of carbonyl (C=O) groups is 1. The van der Waals surface area contributed by atoms with E-state index in [1.807, 2.05) is 36.7 Å². The van der Waals surface area contributed by atoms with Gasteiger partial charge in [-0.15, -0.1) is 0 Å². The van der Waals surface area contributed by atoms with E-state index >= 15 is 0 Å². The van der Waals surface area contributed by atoms with Gasteiger partial charge in [0.05, 0.1) is 38.2 Å². The van der Waals surface area contributed by atoms with Crippen molar-refractivity contribution in [2.75, 3.05) is 11.9 Å². The fraction of sp³-hybridized carbons (Fsp3) is 0.269. The molecule has 1 amide bonds. The summed E-state index contributed by atoms with van der Waals surface area (Å²) in [4.78, 5) is 33.1. The molecule has 1 aliphatic rings. The summed E-state index contributed by atoms with van der Waals surface area (Å²) in [6.45, 7) is 2.85. The molecule has 5 rings (SSSR count). The number of H-pyrrole nitrogens is 1. The molecule has 0 spiro atoms. The van der Waals surface area contributed by atoms with Crippen LogP contribution in [0.4, 0.5) is 11.6 Å². The average Bonchev–Trinajstić information content (AvgIpc) is 3.50. The SMILES string of the molecule is Cc1c(CC=CNC(=O)[C@H]2CCCN2)[nH]c(=O)c2c1ccc1nc(Nc3c(Cl)cccc3Cl)n(C)c12. The standard InChI is InChI=1S/C26H26Cl2N6O2/c1-14-15-10-11-19-23(34(2)26(32-19)33-22-16(27)6-3-7-17(22)28)21(15)25(36)31-18(14)8-4-13-30-24(35)20-9-5-12-29-20/h3-4,6-7,10-11,13,20,29H,5,8-9,12H2,1-2H3,(H,30,35)(H,31,36)(H,32,33)/t20-/m1/s1. The molecule has 1 aliphatic heterocycles. The molecular formula is C26H26Cl2N6O2. The number of para-hydroxylation sites is 1. The number of anilines is 2. The van der Waals surface area contributed by atoms with Crippen LogP contribution in [0.25, 0.3) is 21.8 Å². The number of nitrogens with zero attached hydrogens (tertiary/aromatic N) is 2. The number of aryl methyl sites for hydroxylation is 2. The minimum Gasteiger partial charge on any atom is -0.332 e. The van der Waals surface area contributed by atoms with Crippen molar-refractivity contribution in [3.8, 4) is 0 Å². The van der Waals surface area contributed by atoms with E-state index in [9.17, 15) is 9.59 Å². The third-order valence-electron chi connectivity index (χ3n) is 6.63. The number of amides is 1. The molecule has 0 bridgehead atoms. The molecular weight excluding hydrogens is 499 g/mol. The van der Waals surface area contributed by atoms with Crippen molar-refractivity contribution in [3.05, 3.63) is 74.3 Å². The van der Waals surface area contributed by atoms with Crippen molar-refractivity contribution in [1.82, 2.24) is 25.2 Å². The van der Waals surface area contributed by atoms with Crippen LogP contribution in [0.3, 0.4) is 0 Å². The van der Waals surface area contributed by atoms with E-state index in [1.165, 1.54) is 0 Å². The Morgan fingerprint density at radius 1 is 1.25 bits per heavy atom. The Kier molecular flexibility index (Phi) is 6.75. The zero-order chi connectivity index (χ0) is 25.4. The first-order valence-electron chi connectivity index (χ1n) is 11.8. The van der Waals surface area contributed by atoms with E-state index in [1.54, 1.807) is 24.4 Å². The van der Waals surface area contributed by atoms with Crippen LogP contribution < -0.4 is 21.5 Å². The van der Waals surface area contributed by atoms with Gasteiger partial charge in [0, 0.05) is 25.4 Å². The Morgan fingerprint density at radius 2 is 2.03 bits per heavy atom. The Bertz CT molecular complexity index is 1550. The summed E-state index contributed by atoms with van der Waals surface area (Å²) in [5.74, 6) is 0.484. The van der Waals surface area contributed by atoms with E-state index < -0.39 is 0 Å². The first-order valence-corrected chi connectivity index (χ1v) is 12.5. The highest BCUT2D eigenvalue weighted by molar-refractivity contribution is 6.39. The van der Waals surface area contributed by atoms with Crippen molar-refractivity contribution >= 4 is 62.6 Å². The summed E-state index contributed by atoms with van der Waals surface area (Å²) in [7, 11) is 1.84. The van der Waals surface area contributed by atoms with Crippen LogP contribution in [0.5, 0.6) is 0 Å². The van der Waals surface area contributed by atoms with Crippen molar-refractivity contribution in [2.24, 2.45) is 7.05 Å². The molecule has 8 nitrogen and oxygen atoms in total. The molecule has 0 aliphatic carbocycles. The number of hydrogen-bond donors (Lipinski definition) is 4. The molecule has 1 fully saturated rings. The number of halogens is 2. The van der Waals surface area contributed by atoms with Gasteiger partial charge in [-0.3, -0.25) is 9.59 Å². The highest BCUT2D eigenvalue weighted by atomic mass is 35.5. The molecule has 0 radical (unpaired) electrons. The van der Waals surface area contributed by atoms with Gasteiger partial charge in [-0.05, 0) is 55.5 Å². The second-order valence-electron chi connectivity index (χ2n) is 8.89. The van der Waals surface area contributed by atoms with Gasteiger partial charge in [-0.2, -0.15) is 0 Å². The normalized spacial score (nSPS) is 15.8. The minimum absolute atomic E-state index is 0.0337. The van der Waals surface area contributed by atoms with Gasteiger partial charge >= 0.3 is 0 Å². The monoisotopic (exact) mass is 524 g/mol. The van der Waals surface area contributed by atoms with Gasteiger partial charge in [0.15, 0.2) is 0 Å². The molecule has 1 atom stereocenters. The highest BCUT2D eigenvalue weighted by Gasteiger charge is 2.21. The molecule has 2 aromatic heterocycles. The first kappa shape index (κ1) is 24.4. The fourth-order valence-corrected chi connectivity index (χ4v) is 5.17. The van der Waals surface area contributed by atoms with Gasteiger partial charge in [-0.25, -0.2) is 4.98 Å². The molecule has 1 saturated heterocycles. The number of aromatic amines is 1. The predicted molar refractivity (Wildman–Crippen MR) is 145 cm³/mol. The number of carbonyl (C=O) groups excluding carboxylic acids is 1. The summed E-state index contributed by atoms with van der Waals surface area (Å²) in [6.07, 6.45) is 5.83. The molecule has 4 N–H and O–H groups in total. The van der Waals surface area contributed by atoms with Gasteiger partial charge in [-0.1, -0.05) is 41.4 Å². The molecule has 3 heterocycles. The average molecular weight is 525 g/mol. The van der Waals surface area contributed by atoms with Crippen LogP contribution in [-0.4, -0.2) is 33.0 Å². The van der Waals surface area contributed by atoms with Crippen molar-refractivity contribution < 1.29 is 4.79 Å². The lowest BCUT2D eigenvalue weighted by atomic mass is 10.0. The smallest absolute Gasteiger partial charge is 0.258 e. The Hall–Kier alpha value is -3.33. The minimum atomic E-state index is -0.200. The Morgan fingerprint density at radius 3 is 2.75 bits per heavy atom. The summed E-state index contributed by atoms with van der Waals surface area (Å²) >= 11 is 12.6.